The lowest BCUT2D eigenvalue weighted by Gasteiger charge is -2.30. The van der Waals surface area contributed by atoms with Gasteiger partial charge in [-0.05, 0) is 0 Å². The summed E-state index contributed by atoms with van der Waals surface area (Å²) in [4.78, 5) is 8.31. The highest BCUT2D eigenvalue weighted by Gasteiger charge is 2.54. The van der Waals surface area contributed by atoms with Crippen LogP contribution < -0.4 is 0 Å². The maximum absolute atomic E-state index is 12.8. The Morgan fingerprint density at radius 1 is 1.54 bits per heavy atom. The van der Waals surface area contributed by atoms with Gasteiger partial charge in [-0.15, -0.1) is 0 Å². The Bertz CT molecular complexity index is 226. The smallest absolute Gasteiger partial charge is 0.264 e. The second-order valence-electron chi connectivity index (χ2n) is 3.06. The molecule has 1 fully saturated rings. The number of rotatable bonds is 1. The lowest BCUT2D eigenvalue weighted by atomic mass is 9.91. The van der Waals surface area contributed by atoms with Gasteiger partial charge in [0, 0.05) is 11.3 Å². The van der Waals surface area contributed by atoms with Crippen LogP contribution in [0.5, 0.6) is 0 Å². The first-order valence-corrected chi connectivity index (χ1v) is 4.55. The molecule has 0 spiro atoms. The Balaban J connectivity index is 2.76. The fourth-order valence-electron chi connectivity index (χ4n) is 1.31. The third-order valence-corrected chi connectivity index (χ3v) is 2.86. The van der Waals surface area contributed by atoms with Crippen LogP contribution in [-0.4, -0.2) is 27.9 Å². The summed E-state index contributed by atoms with van der Waals surface area (Å²) in [6.07, 6.45) is -3.53. The van der Waals surface area contributed by atoms with Gasteiger partial charge in [-0.3, -0.25) is 10.1 Å². The highest BCUT2D eigenvalue weighted by molar-refractivity contribution is 9.09. The minimum absolute atomic E-state index is 0.191. The molecule has 0 aromatic carbocycles. The van der Waals surface area contributed by atoms with Crippen molar-refractivity contribution in [2.75, 3.05) is 0 Å². The van der Waals surface area contributed by atoms with Crippen molar-refractivity contribution < 1.29 is 18.1 Å². The average Bonchev–Trinajstić information content (AvgIpc) is 1.99. The molecule has 3 nitrogen and oxygen atoms in total. The molecule has 0 aromatic rings. The molecule has 0 saturated heterocycles. The van der Waals surface area contributed by atoms with Crippen LogP contribution in [0.25, 0.3) is 0 Å². The normalized spacial score (nSPS) is 38.6. The summed E-state index contributed by atoms with van der Waals surface area (Å²) in [5.74, 6) is -3.59. The zero-order valence-corrected chi connectivity index (χ0v) is 8.01. The summed E-state index contributed by atoms with van der Waals surface area (Å²) in [5, 5.41) is 10.2. The first-order valence-electron chi connectivity index (χ1n) is 3.64. The molecule has 0 aromatic heterocycles. The summed E-state index contributed by atoms with van der Waals surface area (Å²) < 4.78 is 38.3. The summed E-state index contributed by atoms with van der Waals surface area (Å²) in [6, 6.07) is -1.36. The SMILES string of the molecule is O=[N+]([O-])C1CC(Br)C(F)C(F)(F)C1. The molecule has 1 rings (SSSR count). The molecule has 0 aliphatic heterocycles. The Kier molecular flexibility index (Phi) is 2.84. The minimum atomic E-state index is -3.59. The zero-order valence-electron chi connectivity index (χ0n) is 6.42. The summed E-state index contributed by atoms with van der Waals surface area (Å²) in [5.41, 5.74) is 0. The predicted octanol–water partition coefficient (Wildman–Crippen LogP) is 2.16. The van der Waals surface area contributed by atoms with Gasteiger partial charge in [0.1, 0.15) is 0 Å². The van der Waals surface area contributed by atoms with Crippen molar-refractivity contribution in [3.05, 3.63) is 10.1 Å². The van der Waals surface area contributed by atoms with Crippen molar-refractivity contribution in [1.82, 2.24) is 0 Å². The van der Waals surface area contributed by atoms with Gasteiger partial charge in [-0.25, -0.2) is 13.2 Å². The molecule has 1 aliphatic carbocycles. The highest BCUT2D eigenvalue weighted by atomic mass is 79.9. The summed E-state index contributed by atoms with van der Waals surface area (Å²) in [7, 11) is 0. The molecule has 0 N–H and O–H groups in total. The van der Waals surface area contributed by atoms with E-state index in [1.807, 2.05) is 0 Å². The van der Waals surface area contributed by atoms with Gasteiger partial charge in [-0.2, -0.15) is 0 Å². The first kappa shape index (κ1) is 10.7. The van der Waals surface area contributed by atoms with Crippen LogP contribution in [0.3, 0.4) is 0 Å². The quantitative estimate of drug-likeness (QED) is 0.413. The molecule has 13 heavy (non-hydrogen) atoms. The number of hydrogen-bond acceptors (Lipinski definition) is 2. The average molecular weight is 262 g/mol. The van der Waals surface area contributed by atoms with E-state index in [1.165, 1.54) is 0 Å². The third-order valence-electron chi connectivity index (χ3n) is 2.02. The van der Waals surface area contributed by atoms with E-state index in [2.05, 4.69) is 15.9 Å². The van der Waals surface area contributed by atoms with E-state index in [0.29, 0.717) is 0 Å². The Labute approximate surface area is 80.6 Å². The Morgan fingerprint density at radius 2 is 2.08 bits per heavy atom. The molecule has 0 bridgehead atoms. The zero-order chi connectivity index (χ0) is 10.2. The van der Waals surface area contributed by atoms with Gasteiger partial charge in [0.2, 0.25) is 6.04 Å². The van der Waals surface area contributed by atoms with Gasteiger partial charge in [0.15, 0.2) is 6.17 Å². The summed E-state index contributed by atoms with van der Waals surface area (Å²) in [6.45, 7) is 0. The van der Waals surface area contributed by atoms with Crippen molar-refractivity contribution in [3.63, 3.8) is 0 Å². The standard InChI is InChI=1S/C6H7BrF3NO2/c7-4-1-3(11(12)13)2-6(9,10)5(4)8/h3-5H,1-2H2. The van der Waals surface area contributed by atoms with E-state index in [9.17, 15) is 23.3 Å². The third kappa shape index (κ3) is 2.12. The highest BCUT2D eigenvalue weighted by Crippen LogP contribution is 2.39. The van der Waals surface area contributed by atoms with Gasteiger partial charge >= 0.3 is 0 Å². The number of halogens is 4. The maximum atomic E-state index is 12.8. The molecule has 1 saturated carbocycles. The fraction of sp³-hybridized carbons (Fsp3) is 1.00. The Morgan fingerprint density at radius 3 is 2.46 bits per heavy atom. The van der Waals surface area contributed by atoms with E-state index in [1.54, 1.807) is 0 Å². The van der Waals surface area contributed by atoms with Crippen LogP contribution in [0.4, 0.5) is 13.2 Å². The van der Waals surface area contributed by atoms with Crippen LogP contribution >= 0.6 is 15.9 Å². The van der Waals surface area contributed by atoms with Crippen molar-refractivity contribution >= 4 is 15.9 Å². The van der Waals surface area contributed by atoms with Gasteiger partial charge < -0.3 is 0 Å². The Hall–Kier alpha value is -0.330. The van der Waals surface area contributed by atoms with E-state index < -0.39 is 34.3 Å². The molecule has 1 aliphatic rings. The lowest BCUT2D eigenvalue weighted by Crippen LogP contribution is -2.48. The molecule has 76 valence electrons. The van der Waals surface area contributed by atoms with Crippen LogP contribution in [0.2, 0.25) is 0 Å². The molecular weight excluding hydrogens is 255 g/mol. The molecule has 0 radical (unpaired) electrons. The fourth-order valence-corrected chi connectivity index (χ4v) is 2.13. The van der Waals surface area contributed by atoms with E-state index >= 15 is 0 Å². The summed E-state index contributed by atoms with van der Waals surface area (Å²) >= 11 is 2.68. The molecule has 0 amide bonds. The van der Waals surface area contributed by atoms with Crippen molar-refractivity contribution in [3.8, 4) is 0 Å². The van der Waals surface area contributed by atoms with Crippen molar-refractivity contribution in [2.24, 2.45) is 0 Å². The van der Waals surface area contributed by atoms with Gasteiger partial charge in [0.05, 0.1) is 11.2 Å². The van der Waals surface area contributed by atoms with Crippen LogP contribution in [0.15, 0.2) is 0 Å². The van der Waals surface area contributed by atoms with Crippen LogP contribution in [0.1, 0.15) is 12.8 Å². The van der Waals surface area contributed by atoms with Crippen molar-refractivity contribution in [1.29, 1.82) is 0 Å². The van der Waals surface area contributed by atoms with E-state index in [-0.39, 0.29) is 6.42 Å². The second-order valence-corrected chi connectivity index (χ2v) is 4.23. The first-order chi connectivity index (χ1) is 5.84. The van der Waals surface area contributed by atoms with Crippen LogP contribution in [0, 0.1) is 10.1 Å². The van der Waals surface area contributed by atoms with Gasteiger partial charge in [-0.1, -0.05) is 15.9 Å². The molecule has 7 heteroatoms. The monoisotopic (exact) mass is 261 g/mol. The largest absolute Gasteiger partial charge is 0.286 e. The minimum Gasteiger partial charge on any atom is -0.264 e. The molecule has 3 atom stereocenters. The van der Waals surface area contributed by atoms with E-state index in [0.717, 1.165) is 0 Å². The predicted molar refractivity (Wildman–Crippen MR) is 42.6 cm³/mol. The lowest BCUT2D eigenvalue weighted by molar-refractivity contribution is -0.532. The van der Waals surface area contributed by atoms with Gasteiger partial charge in [0.25, 0.3) is 5.92 Å². The number of nitrogens with zero attached hydrogens (tertiary/aromatic N) is 1. The number of alkyl halides is 4. The van der Waals surface area contributed by atoms with E-state index in [4.69, 9.17) is 0 Å². The van der Waals surface area contributed by atoms with Crippen LogP contribution in [-0.2, 0) is 0 Å². The molecule has 3 unspecified atom stereocenters. The molecule has 0 heterocycles. The molecular formula is C6H7BrF3NO2. The maximum Gasteiger partial charge on any atom is 0.286 e. The number of nitro groups is 1. The second kappa shape index (κ2) is 3.43. The number of hydrogen-bond donors (Lipinski definition) is 0. The van der Waals surface area contributed by atoms with Crippen molar-refractivity contribution in [2.45, 2.75) is 35.8 Å². The topological polar surface area (TPSA) is 43.1 Å².